The molecule has 4 nitrogen and oxygen atoms in total. The van der Waals surface area contributed by atoms with Crippen LogP contribution in [0.25, 0.3) is 0 Å². The third-order valence-electron chi connectivity index (χ3n) is 2.12. The van der Waals surface area contributed by atoms with Crippen LogP contribution in [0.2, 0.25) is 0 Å². The lowest BCUT2D eigenvalue weighted by Crippen LogP contribution is -2.22. The Hall–Kier alpha value is -0.270. The van der Waals surface area contributed by atoms with E-state index in [0.29, 0.717) is 18.9 Å². The largest absolute Gasteiger partial charge is 0.487 e. The summed E-state index contributed by atoms with van der Waals surface area (Å²) in [4.78, 5) is 10.8. The summed E-state index contributed by atoms with van der Waals surface area (Å²) in [5, 5.41) is 2.57. The maximum atomic E-state index is 10.8. The van der Waals surface area contributed by atoms with Gasteiger partial charge in [-0.05, 0) is 44.0 Å². The van der Waals surface area contributed by atoms with Crippen molar-refractivity contribution in [3.05, 3.63) is 25.6 Å². The summed E-state index contributed by atoms with van der Waals surface area (Å²) in [6, 6.07) is 3.78. The topological polar surface area (TPSA) is 47.6 Å². The molecule has 92 valence electrons. The van der Waals surface area contributed by atoms with Gasteiger partial charge in [0.15, 0.2) is 6.10 Å². The number of amides is 1. The molecule has 1 amide bonds. The second-order valence-corrected chi connectivity index (χ2v) is 6.04. The van der Waals surface area contributed by atoms with Crippen molar-refractivity contribution in [1.82, 2.24) is 5.32 Å². The van der Waals surface area contributed by atoms with E-state index in [1.807, 2.05) is 12.1 Å². The first-order valence-electron chi connectivity index (χ1n) is 4.78. The van der Waals surface area contributed by atoms with E-state index in [9.17, 15) is 4.79 Å². The van der Waals surface area contributed by atoms with Crippen LogP contribution in [0.3, 0.4) is 0 Å². The van der Waals surface area contributed by atoms with E-state index in [2.05, 4.69) is 53.1 Å². The Bertz CT molecular complexity index is 429. The predicted molar refractivity (Wildman–Crippen MR) is 73.3 cm³/mol. The van der Waals surface area contributed by atoms with E-state index in [1.165, 1.54) is 0 Å². The third-order valence-corrected chi connectivity index (χ3v) is 3.76. The van der Waals surface area contributed by atoms with Gasteiger partial charge in [0.25, 0.3) is 0 Å². The van der Waals surface area contributed by atoms with Crippen molar-refractivity contribution in [3.63, 3.8) is 0 Å². The fourth-order valence-corrected chi connectivity index (χ4v) is 3.86. The van der Waals surface area contributed by atoms with Crippen LogP contribution in [0.5, 0.6) is 5.75 Å². The Morgan fingerprint density at radius 1 is 1.35 bits per heavy atom. The summed E-state index contributed by atoms with van der Waals surface area (Å²) < 4.78 is 13.2. The molecule has 0 aromatic heterocycles. The zero-order valence-electron chi connectivity index (χ0n) is 8.50. The van der Waals surface area contributed by atoms with Gasteiger partial charge in [-0.2, -0.15) is 0 Å². The van der Waals surface area contributed by atoms with Crippen LogP contribution in [-0.4, -0.2) is 25.3 Å². The Morgan fingerprint density at radius 3 is 2.53 bits per heavy atom. The van der Waals surface area contributed by atoms with Crippen LogP contribution < -0.4 is 10.1 Å². The first-order valence-corrected chi connectivity index (χ1v) is 7.16. The van der Waals surface area contributed by atoms with Crippen LogP contribution in [0, 0.1) is 0 Å². The van der Waals surface area contributed by atoms with Gasteiger partial charge < -0.3 is 14.8 Å². The molecule has 1 fully saturated rings. The number of alkyl carbamates (subject to hydrolysis) is 1. The molecule has 0 spiro atoms. The number of hydrogen-bond donors (Lipinski definition) is 1. The predicted octanol–water partition coefficient (Wildman–Crippen LogP) is 3.46. The molecule has 0 aliphatic carbocycles. The van der Waals surface area contributed by atoms with Crippen LogP contribution in [0.15, 0.2) is 25.6 Å². The van der Waals surface area contributed by atoms with Crippen LogP contribution >= 0.6 is 47.8 Å². The summed E-state index contributed by atoms with van der Waals surface area (Å²) in [6.45, 7) is 0.794. The number of hydrogen-bond acceptors (Lipinski definition) is 3. The van der Waals surface area contributed by atoms with Crippen molar-refractivity contribution >= 4 is 53.9 Å². The smallest absolute Gasteiger partial charge is 0.407 e. The van der Waals surface area contributed by atoms with E-state index in [-0.39, 0.29) is 6.10 Å². The average molecular weight is 430 g/mol. The van der Waals surface area contributed by atoms with Crippen LogP contribution in [0.1, 0.15) is 0 Å². The molecule has 17 heavy (non-hydrogen) atoms. The number of carbonyl (C=O) groups is 1. The summed E-state index contributed by atoms with van der Waals surface area (Å²) in [6.07, 6.45) is -0.641. The minimum atomic E-state index is -0.396. The van der Waals surface area contributed by atoms with E-state index in [1.54, 1.807) is 0 Å². The number of cyclic esters (lactones) is 1. The average Bonchev–Trinajstić information content (AvgIpc) is 2.62. The van der Waals surface area contributed by atoms with Gasteiger partial charge in [-0.3, -0.25) is 0 Å². The van der Waals surface area contributed by atoms with Crippen molar-refractivity contribution in [2.24, 2.45) is 0 Å². The van der Waals surface area contributed by atoms with Crippen LogP contribution in [-0.2, 0) is 4.74 Å². The Kier molecular flexibility index (Phi) is 4.32. The Morgan fingerprint density at radius 2 is 2.00 bits per heavy atom. The van der Waals surface area contributed by atoms with E-state index < -0.39 is 6.09 Å². The lowest BCUT2D eigenvalue weighted by molar-refractivity contribution is 0.104. The molecule has 1 saturated heterocycles. The van der Waals surface area contributed by atoms with Crippen molar-refractivity contribution in [2.45, 2.75) is 6.10 Å². The summed E-state index contributed by atoms with van der Waals surface area (Å²) in [5.74, 6) is 0.691. The molecule has 1 aliphatic rings. The second kappa shape index (κ2) is 5.58. The fourth-order valence-electron chi connectivity index (χ4n) is 1.37. The molecular weight excluding hydrogens is 422 g/mol. The Balaban J connectivity index is 2.01. The number of benzene rings is 1. The maximum Gasteiger partial charge on any atom is 0.407 e. The number of nitrogens with one attached hydrogen (secondary N) is 1. The van der Waals surface area contributed by atoms with Gasteiger partial charge in [-0.25, -0.2) is 4.79 Å². The lowest BCUT2D eigenvalue weighted by atomic mass is 10.3. The van der Waals surface area contributed by atoms with Crippen molar-refractivity contribution in [2.75, 3.05) is 13.2 Å². The highest BCUT2D eigenvalue weighted by Crippen LogP contribution is 2.36. The molecule has 1 unspecified atom stereocenters. The van der Waals surface area contributed by atoms with E-state index >= 15 is 0 Å². The van der Waals surface area contributed by atoms with Gasteiger partial charge in [-0.15, -0.1) is 0 Å². The quantitative estimate of drug-likeness (QED) is 0.800. The number of carbonyl (C=O) groups excluding carboxylic acids is 1. The van der Waals surface area contributed by atoms with Gasteiger partial charge in [0.2, 0.25) is 0 Å². The third kappa shape index (κ3) is 3.35. The van der Waals surface area contributed by atoms with Gasteiger partial charge in [0.05, 0.1) is 15.5 Å². The monoisotopic (exact) mass is 427 g/mol. The summed E-state index contributed by atoms with van der Waals surface area (Å²) in [7, 11) is 0. The fraction of sp³-hybridized carbons (Fsp3) is 0.300. The lowest BCUT2D eigenvalue weighted by Gasteiger charge is -2.13. The summed E-state index contributed by atoms with van der Waals surface area (Å²) in [5.41, 5.74) is 0. The molecule has 7 heteroatoms. The molecule has 1 aromatic carbocycles. The standard InChI is InChI=1S/C10H8Br3NO3/c11-5-1-7(12)9(8(13)2-5)16-4-6-3-14-10(15)17-6/h1-2,6H,3-4H2,(H,14,15). The number of halogens is 3. The highest BCUT2D eigenvalue weighted by Gasteiger charge is 2.23. The normalized spacial score (nSPS) is 18.8. The van der Waals surface area contributed by atoms with E-state index in [4.69, 9.17) is 9.47 Å². The van der Waals surface area contributed by atoms with Gasteiger partial charge in [0, 0.05) is 4.47 Å². The molecule has 0 bridgehead atoms. The van der Waals surface area contributed by atoms with Crippen molar-refractivity contribution in [3.8, 4) is 5.75 Å². The summed E-state index contributed by atoms with van der Waals surface area (Å²) >= 11 is 10.2. The number of ether oxygens (including phenoxy) is 2. The van der Waals surface area contributed by atoms with Crippen molar-refractivity contribution < 1.29 is 14.3 Å². The highest BCUT2D eigenvalue weighted by molar-refractivity contribution is 9.11. The van der Waals surface area contributed by atoms with E-state index in [0.717, 1.165) is 13.4 Å². The van der Waals surface area contributed by atoms with Gasteiger partial charge in [0.1, 0.15) is 12.4 Å². The molecule has 1 heterocycles. The molecule has 0 saturated carbocycles. The van der Waals surface area contributed by atoms with Crippen LogP contribution in [0.4, 0.5) is 4.79 Å². The zero-order valence-corrected chi connectivity index (χ0v) is 13.3. The molecule has 1 aromatic rings. The molecule has 1 aliphatic heterocycles. The molecule has 1 N–H and O–H groups in total. The molecular formula is C10H8Br3NO3. The zero-order chi connectivity index (χ0) is 12.4. The van der Waals surface area contributed by atoms with Gasteiger partial charge in [-0.1, -0.05) is 15.9 Å². The molecule has 2 rings (SSSR count). The molecule has 0 radical (unpaired) electrons. The van der Waals surface area contributed by atoms with Crippen molar-refractivity contribution in [1.29, 1.82) is 0 Å². The number of rotatable bonds is 3. The highest BCUT2D eigenvalue weighted by atomic mass is 79.9. The first-order chi connectivity index (χ1) is 8.06. The Labute approximate surface area is 123 Å². The maximum absolute atomic E-state index is 10.8. The second-order valence-electron chi connectivity index (χ2n) is 3.42. The first kappa shape index (κ1) is 13.2. The molecule has 1 atom stereocenters. The SMILES string of the molecule is O=C1NCC(COc2c(Br)cc(Br)cc2Br)O1. The minimum absolute atomic E-state index is 0.245. The minimum Gasteiger partial charge on any atom is -0.487 e. The van der Waals surface area contributed by atoms with Gasteiger partial charge >= 0.3 is 6.09 Å².